The molecule has 1 aromatic rings. The zero-order valence-electron chi connectivity index (χ0n) is 8.58. The zero-order chi connectivity index (χ0) is 13.2. The van der Waals surface area contributed by atoms with Gasteiger partial charge in [-0.25, -0.2) is 13.2 Å². The van der Waals surface area contributed by atoms with Crippen LogP contribution in [0.15, 0.2) is 22.2 Å². The molecule has 92 valence electrons. The highest BCUT2D eigenvalue weighted by molar-refractivity contribution is 7.90. The van der Waals surface area contributed by atoms with Gasteiger partial charge in [0, 0.05) is 11.8 Å². The van der Waals surface area contributed by atoms with Gasteiger partial charge in [-0.15, -0.1) is 0 Å². The number of carboxylic acid groups (broad SMARTS) is 1. The quantitative estimate of drug-likeness (QED) is 0.491. The van der Waals surface area contributed by atoms with Gasteiger partial charge in [-0.05, 0) is 12.1 Å². The number of hydrogen-bond donors (Lipinski definition) is 2. The summed E-state index contributed by atoms with van der Waals surface area (Å²) in [6.07, 6.45) is 1.72. The molecule has 0 aliphatic heterocycles. The molecule has 0 aliphatic carbocycles. The van der Waals surface area contributed by atoms with Crippen molar-refractivity contribution in [2.45, 2.75) is 4.90 Å². The van der Waals surface area contributed by atoms with Crippen LogP contribution in [0.25, 0.3) is 0 Å². The summed E-state index contributed by atoms with van der Waals surface area (Å²) >= 11 is 5.75. The van der Waals surface area contributed by atoms with Gasteiger partial charge in [-0.1, -0.05) is 16.8 Å². The molecular formula is C9H8ClNO5S. The second-order valence-corrected chi connectivity index (χ2v) is 5.52. The van der Waals surface area contributed by atoms with Crippen molar-refractivity contribution in [2.24, 2.45) is 5.16 Å². The number of sulfone groups is 1. The number of carbonyl (C=O) groups is 1. The number of rotatable bonds is 3. The fourth-order valence-corrected chi connectivity index (χ4v) is 2.46. The summed E-state index contributed by atoms with van der Waals surface area (Å²) in [6.45, 7) is 0. The first-order chi connectivity index (χ1) is 7.79. The topological polar surface area (TPSA) is 104 Å². The second-order valence-electron chi connectivity index (χ2n) is 3.16. The van der Waals surface area contributed by atoms with E-state index in [9.17, 15) is 13.2 Å². The number of oxime groups is 1. The molecule has 0 radical (unpaired) electrons. The minimum Gasteiger partial charge on any atom is -0.478 e. The Morgan fingerprint density at radius 2 is 2.06 bits per heavy atom. The second kappa shape index (κ2) is 4.72. The Bertz CT molecular complexity index is 594. The van der Waals surface area contributed by atoms with Crippen molar-refractivity contribution < 1.29 is 23.5 Å². The number of aromatic carboxylic acids is 1. The maximum Gasteiger partial charge on any atom is 0.337 e. The molecular weight excluding hydrogens is 270 g/mol. The van der Waals surface area contributed by atoms with Crippen LogP contribution in [-0.4, -0.2) is 37.2 Å². The highest BCUT2D eigenvalue weighted by Gasteiger charge is 2.20. The third-order valence-corrected chi connectivity index (χ3v) is 3.52. The van der Waals surface area contributed by atoms with E-state index in [1.807, 2.05) is 0 Å². The first-order valence-corrected chi connectivity index (χ1v) is 6.49. The average molecular weight is 278 g/mol. The fourth-order valence-electron chi connectivity index (χ4n) is 1.24. The van der Waals surface area contributed by atoms with Crippen molar-refractivity contribution in [3.8, 4) is 0 Å². The molecule has 1 rings (SSSR count). The first-order valence-electron chi connectivity index (χ1n) is 4.22. The predicted molar refractivity (Wildman–Crippen MR) is 60.9 cm³/mol. The summed E-state index contributed by atoms with van der Waals surface area (Å²) in [5, 5.41) is 19.6. The highest BCUT2D eigenvalue weighted by Crippen LogP contribution is 2.26. The summed E-state index contributed by atoms with van der Waals surface area (Å²) in [6, 6.07) is 2.18. The summed E-state index contributed by atoms with van der Waals surface area (Å²) < 4.78 is 22.8. The van der Waals surface area contributed by atoms with Crippen molar-refractivity contribution in [2.75, 3.05) is 6.26 Å². The predicted octanol–water partition coefficient (Wildman–Crippen LogP) is 1.25. The molecule has 0 bridgehead atoms. The maximum atomic E-state index is 11.4. The third kappa shape index (κ3) is 2.75. The van der Waals surface area contributed by atoms with Crippen molar-refractivity contribution >= 4 is 33.6 Å². The molecule has 6 nitrogen and oxygen atoms in total. The molecule has 1 aromatic carbocycles. The SMILES string of the molecule is CS(=O)(=O)c1ccc(C(=O)O)c(Cl)c1C=NO. The number of carboxylic acids is 1. The van der Waals surface area contributed by atoms with Gasteiger partial charge in [0.25, 0.3) is 0 Å². The van der Waals surface area contributed by atoms with Crippen LogP contribution in [0.4, 0.5) is 0 Å². The van der Waals surface area contributed by atoms with Gasteiger partial charge >= 0.3 is 5.97 Å². The first kappa shape index (κ1) is 13.5. The van der Waals surface area contributed by atoms with Crippen molar-refractivity contribution in [1.29, 1.82) is 0 Å². The standard InChI is InChI=1S/C9H8ClNO5S/c1-17(15,16)7-3-2-5(9(12)13)8(10)6(7)4-11-14/h2-4,14H,1H3,(H,12,13). The van der Waals surface area contributed by atoms with E-state index in [1.54, 1.807) is 0 Å². The lowest BCUT2D eigenvalue weighted by atomic mass is 10.1. The van der Waals surface area contributed by atoms with E-state index in [2.05, 4.69) is 5.16 Å². The average Bonchev–Trinajstić information content (AvgIpc) is 2.18. The van der Waals surface area contributed by atoms with Crippen LogP contribution in [0.3, 0.4) is 0 Å². The van der Waals surface area contributed by atoms with Crippen LogP contribution in [0.5, 0.6) is 0 Å². The van der Waals surface area contributed by atoms with E-state index in [-0.39, 0.29) is 21.0 Å². The maximum absolute atomic E-state index is 11.4. The van der Waals surface area contributed by atoms with Crippen LogP contribution in [0.1, 0.15) is 15.9 Å². The molecule has 0 spiro atoms. The van der Waals surface area contributed by atoms with Gasteiger partial charge < -0.3 is 10.3 Å². The van der Waals surface area contributed by atoms with Gasteiger partial charge in [0.1, 0.15) is 0 Å². The number of benzene rings is 1. The van der Waals surface area contributed by atoms with Crippen molar-refractivity contribution in [3.05, 3.63) is 28.3 Å². The Balaban J connectivity index is 3.68. The van der Waals surface area contributed by atoms with E-state index in [4.69, 9.17) is 21.9 Å². The minimum absolute atomic E-state index is 0.156. The Morgan fingerprint density at radius 1 is 1.47 bits per heavy atom. The Hall–Kier alpha value is -1.60. The molecule has 0 aromatic heterocycles. The molecule has 17 heavy (non-hydrogen) atoms. The third-order valence-electron chi connectivity index (χ3n) is 1.96. The molecule has 0 unspecified atom stereocenters. The number of halogens is 1. The molecule has 0 saturated carbocycles. The van der Waals surface area contributed by atoms with E-state index in [0.29, 0.717) is 0 Å². The monoisotopic (exact) mass is 277 g/mol. The molecule has 0 aliphatic rings. The van der Waals surface area contributed by atoms with Gasteiger partial charge in [-0.2, -0.15) is 0 Å². The molecule has 0 heterocycles. The van der Waals surface area contributed by atoms with Gasteiger partial charge in [0.15, 0.2) is 9.84 Å². The molecule has 0 atom stereocenters. The van der Waals surface area contributed by atoms with Crippen molar-refractivity contribution in [1.82, 2.24) is 0 Å². The Labute approximate surface area is 102 Å². The lowest BCUT2D eigenvalue weighted by Gasteiger charge is -2.07. The largest absolute Gasteiger partial charge is 0.478 e. The normalized spacial score (nSPS) is 11.9. The van der Waals surface area contributed by atoms with Crippen LogP contribution >= 0.6 is 11.6 Å². The van der Waals surface area contributed by atoms with Crippen LogP contribution < -0.4 is 0 Å². The molecule has 8 heteroatoms. The fraction of sp³-hybridized carbons (Fsp3) is 0.111. The number of nitrogens with zero attached hydrogens (tertiary/aromatic N) is 1. The molecule has 0 fully saturated rings. The highest BCUT2D eigenvalue weighted by atomic mass is 35.5. The Morgan fingerprint density at radius 3 is 2.47 bits per heavy atom. The van der Waals surface area contributed by atoms with Gasteiger partial charge in [-0.3, -0.25) is 0 Å². The smallest absolute Gasteiger partial charge is 0.337 e. The summed E-state index contributed by atoms with van der Waals surface area (Å²) in [4.78, 5) is 10.6. The van der Waals surface area contributed by atoms with E-state index in [1.165, 1.54) is 0 Å². The summed E-state index contributed by atoms with van der Waals surface area (Å²) in [5.41, 5.74) is -0.425. The van der Waals surface area contributed by atoms with Gasteiger partial charge in [0.05, 0.1) is 21.7 Å². The molecule has 0 saturated heterocycles. The van der Waals surface area contributed by atoms with E-state index in [0.717, 1.165) is 24.6 Å². The van der Waals surface area contributed by atoms with E-state index >= 15 is 0 Å². The zero-order valence-corrected chi connectivity index (χ0v) is 10.2. The van der Waals surface area contributed by atoms with Crippen LogP contribution in [0, 0.1) is 0 Å². The Kier molecular flexibility index (Phi) is 3.74. The van der Waals surface area contributed by atoms with Crippen LogP contribution in [0.2, 0.25) is 5.02 Å². The van der Waals surface area contributed by atoms with Crippen LogP contribution in [-0.2, 0) is 9.84 Å². The lowest BCUT2D eigenvalue weighted by molar-refractivity contribution is 0.0697. The molecule has 2 N–H and O–H groups in total. The van der Waals surface area contributed by atoms with Crippen molar-refractivity contribution in [3.63, 3.8) is 0 Å². The lowest BCUT2D eigenvalue weighted by Crippen LogP contribution is -2.07. The van der Waals surface area contributed by atoms with Gasteiger partial charge in [0.2, 0.25) is 0 Å². The summed E-state index contributed by atoms with van der Waals surface area (Å²) in [7, 11) is -3.60. The summed E-state index contributed by atoms with van der Waals surface area (Å²) in [5.74, 6) is -1.30. The number of hydrogen-bond acceptors (Lipinski definition) is 5. The van der Waals surface area contributed by atoms with E-state index < -0.39 is 15.8 Å². The molecule has 0 amide bonds. The minimum atomic E-state index is -3.60.